The van der Waals surface area contributed by atoms with Gasteiger partial charge in [0.1, 0.15) is 0 Å². The lowest BCUT2D eigenvalue weighted by Gasteiger charge is -2.07. The van der Waals surface area contributed by atoms with E-state index in [0.717, 1.165) is 0 Å². The molecule has 0 atom stereocenters. The zero-order valence-corrected chi connectivity index (χ0v) is 9.28. The number of hydrogen-bond donors (Lipinski definition) is 1. The predicted molar refractivity (Wildman–Crippen MR) is 61.2 cm³/mol. The summed E-state index contributed by atoms with van der Waals surface area (Å²) >= 11 is 5.80. The van der Waals surface area contributed by atoms with E-state index in [0.29, 0.717) is 16.3 Å². The van der Waals surface area contributed by atoms with E-state index in [9.17, 15) is 4.79 Å². The summed E-state index contributed by atoms with van der Waals surface area (Å²) in [7, 11) is 1.30. The van der Waals surface area contributed by atoms with Crippen LogP contribution in [0.3, 0.4) is 0 Å². The molecular formula is C11H9ClN2O2. The number of benzene rings is 1. The molecule has 1 aromatic rings. The molecule has 0 aliphatic heterocycles. The van der Waals surface area contributed by atoms with E-state index in [-0.39, 0.29) is 0 Å². The Balaban J connectivity index is 3.04. The zero-order valence-electron chi connectivity index (χ0n) is 8.53. The second-order valence-corrected chi connectivity index (χ2v) is 3.22. The van der Waals surface area contributed by atoms with Gasteiger partial charge < -0.3 is 10.1 Å². The van der Waals surface area contributed by atoms with Gasteiger partial charge >= 0.3 is 5.97 Å². The zero-order chi connectivity index (χ0) is 12.0. The molecule has 0 radical (unpaired) electrons. The van der Waals surface area contributed by atoms with Crippen molar-refractivity contribution in [1.29, 1.82) is 5.26 Å². The largest absolute Gasteiger partial charge is 0.465 e. The lowest BCUT2D eigenvalue weighted by molar-refractivity contribution is 0.0602. The Morgan fingerprint density at radius 3 is 3.00 bits per heavy atom. The average molecular weight is 237 g/mol. The van der Waals surface area contributed by atoms with Crippen LogP contribution in [0.5, 0.6) is 0 Å². The minimum atomic E-state index is -0.468. The first-order valence-electron chi connectivity index (χ1n) is 4.38. The molecule has 0 aromatic heterocycles. The van der Waals surface area contributed by atoms with E-state index in [1.807, 2.05) is 6.07 Å². The Kier molecular flexibility index (Phi) is 4.37. The molecule has 1 aromatic carbocycles. The van der Waals surface area contributed by atoms with Crippen molar-refractivity contribution in [2.45, 2.75) is 0 Å². The SMILES string of the molecule is COC(=O)c1ccc(Cl)cc1NC=CC#N. The van der Waals surface area contributed by atoms with E-state index in [2.05, 4.69) is 10.1 Å². The fourth-order valence-electron chi connectivity index (χ4n) is 1.09. The molecule has 4 nitrogen and oxygen atoms in total. The van der Waals surface area contributed by atoms with Crippen LogP contribution in [0.2, 0.25) is 5.02 Å². The minimum absolute atomic E-state index is 0.356. The van der Waals surface area contributed by atoms with Crippen molar-refractivity contribution in [3.05, 3.63) is 41.1 Å². The Morgan fingerprint density at radius 1 is 1.62 bits per heavy atom. The van der Waals surface area contributed by atoms with Gasteiger partial charge in [-0.05, 0) is 18.2 Å². The van der Waals surface area contributed by atoms with E-state index < -0.39 is 5.97 Å². The number of methoxy groups -OCH3 is 1. The van der Waals surface area contributed by atoms with Gasteiger partial charge in [-0.15, -0.1) is 0 Å². The molecule has 0 saturated heterocycles. The molecule has 0 aliphatic rings. The Morgan fingerprint density at radius 2 is 2.38 bits per heavy atom. The summed E-state index contributed by atoms with van der Waals surface area (Å²) in [6, 6.07) is 6.54. The Bertz CT molecular complexity index is 464. The number of rotatable bonds is 3. The van der Waals surface area contributed by atoms with Gasteiger partial charge in [0.2, 0.25) is 0 Å². The fraction of sp³-hybridized carbons (Fsp3) is 0.0909. The minimum Gasteiger partial charge on any atom is -0.465 e. The molecular weight excluding hydrogens is 228 g/mol. The summed E-state index contributed by atoms with van der Waals surface area (Å²) in [6.07, 6.45) is 2.67. The molecule has 0 bridgehead atoms. The first kappa shape index (κ1) is 12.1. The van der Waals surface area contributed by atoms with Crippen LogP contribution in [0, 0.1) is 11.3 Å². The number of allylic oxidation sites excluding steroid dienone is 1. The summed E-state index contributed by atoms with van der Waals surface area (Å²) in [5.41, 5.74) is 0.848. The van der Waals surface area contributed by atoms with Crippen LogP contribution in [-0.2, 0) is 4.74 Å². The van der Waals surface area contributed by atoms with Crippen LogP contribution in [0.25, 0.3) is 0 Å². The van der Waals surface area contributed by atoms with Gasteiger partial charge in [-0.1, -0.05) is 11.6 Å². The number of esters is 1. The summed E-state index contributed by atoms with van der Waals surface area (Å²) in [5, 5.41) is 11.6. The first-order chi connectivity index (χ1) is 7.69. The van der Waals surface area contributed by atoms with Crippen molar-refractivity contribution in [3.8, 4) is 6.07 Å². The average Bonchev–Trinajstić information content (AvgIpc) is 2.29. The molecule has 82 valence electrons. The molecule has 0 fully saturated rings. The van der Waals surface area contributed by atoms with E-state index in [4.69, 9.17) is 16.9 Å². The predicted octanol–water partition coefficient (Wildman–Crippen LogP) is 2.58. The van der Waals surface area contributed by atoms with Crippen molar-refractivity contribution in [1.82, 2.24) is 0 Å². The summed E-state index contributed by atoms with van der Waals surface area (Å²) < 4.78 is 4.61. The van der Waals surface area contributed by atoms with Crippen LogP contribution >= 0.6 is 11.6 Å². The van der Waals surface area contributed by atoms with Gasteiger partial charge in [0.15, 0.2) is 0 Å². The van der Waals surface area contributed by atoms with Gasteiger partial charge in [0, 0.05) is 17.3 Å². The number of nitrogens with zero attached hydrogens (tertiary/aromatic N) is 1. The summed E-state index contributed by atoms with van der Waals surface area (Å²) in [6.45, 7) is 0. The number of ether oxygens (including phenoxy) is 1. The molecule has 16 heavy (non-hydrogen) atoms. The topological polar surface area (TPSA) is 62.1 Å². The second-order valence-electron chi connectivity index (χ2n) is 2.79. The number of anilines is 1. The van der Waals surface area contributed by atoms with Crippen molar-refractivity contribution >= 4 is 23.3 Å². The molecule has 0 unspecified atom stereocenters. The maximum Gasteiger partial charge on any atom is 0.339 e. The van der Waals surface area contributed by atoms with Crippen LogP contribution in [-0.4, -0.2) is 13.1 Å². The third-order valence-electron chi connectivity index (χ3n) is 1.78. The molecule has 0 amide bonds. The van der Waals surface area contributed by atoms with Crippen molar-refractivity contribution in [2.75, 3.05) is 12.4 Å². The number of hydrogen-bond acceptors (Lipinski definition) is 4. The highest BCUT2D eigenvalue weighted by atomic mass is 35.5. The Hall–Kier alpha value is -1.99. The van der Waals surface area contributed by atoms with Crippen LogP contribution in [0.15, 0.2) is 30.5 Å². The van der Waals surface area contributed by atoms with E-state index in [1.54, 1.807) is 18.2 Å². The number of nitriles is 1. The standard InChI is InChI=1S/C11H9ClN2O2/c1-16-11(15)9-4-3-8(12)7-10(9)14-6-2-5-13/h2-4,6-7,14H,1H3. The maximum atomic E-state index is 11.4. The second kappa shape index (κ2) is 5.79. The number of halogens is 1. The highest BCUT2D eigenvalue weighted by Crippen LogP contribution is 2.21. The number of carbonyl (C=O) groups is 1. The smallest absolute Gasteiger partial charge is 0.339 e. The summed E-state index contributed by atoms with van der Waals surface area (Å²) in [5.74, 6) is -0.468. The highest BCUT2D eigenvalue weighted by Gasteiger charge is 2.10. The number of nitrogens with one attached hydrogen (secondary N) is 1. The molecule has 1 N–H and O–H groups in total. The third kappa shape index (κ3) is 3.01. The fourth-order valence-corrected chi connectivity index (χ4v) is 1.26. The normalized spacial score (nSPS) is 9.81. The van der Waals surface area contributed by atoms with E-state index in [1.165, 1.54) is 19.4 Å². The monoisotopic (exact) mass is 236 g/mol. The summed E-state index contributed by atoms with van der Waals surface area (Å²) in [4.78, 5) is 11.4. The lowest BCUT2D eigenvalue weighted by atomic mass is 10.2. The van der Waals surface area contributed by atoms with Crippen molar-refractivity contribution < 1.29 is 9.53 Å². The molecule has 1 rings (SSSR count). The van der Waals surface area contributed by atoms with Gasteiger partial charge in [-0.2, -0.15) is 5.26 Å². The van der Waals surface area contributed by atoms with Crippen LogP contribution < -0.4 is 5.32 Å². The quantitative estimate of drug-likeness (QED) is 0.647. The lowest BCUT2D eigenvalue weighted by Crippen LogP contribution is -2.05. The first-order valence-corrected chi connectivity index (χ1v) is 4.76. The highest BCUT2D eigenvalue weighted by molar-refractivity contribution is 6.31. The van der Waals surface area contributed by atoms with Gasteiger partial charge in [0.05, 0.1) is 24.4 Å². The molecule has 0 saturated carbocycles. The maximum absolute atomic E-state index is 11.4. The number of carbonyl (C=O) groups excluding carboxylic acids is 1. The molecule has 0 heterocycles. The third-order valence-corrected chi connectivity index (χ3v) is 2.02. The van der Waals surface area contributed by atoms with Gasteiger partial charge in [-0.25, -0.2) is 4.79 Å². The van der Waals surface area contributed by atoms with Crippen molar-refractivity contribution in [3.63, 3.8) is 0 Å². The van der Waals surface area contributed by atoms with E-state index >= 15 is 0 Å². The van der Waals surface area contributed by atoms with Crippen LogP contribution in [0.4, 0.5) is 5.69 Å². The van der Waals surface area contributed by atoms with Crippen LogP contribution in [0.1, 0.15) is 10.4 Å². The molecule has 0 spiro atoms. The van der Waals surface area contributed by atoms with Gasteiger partial charge in [-0.3, -0.25) is 0 Å². The Labute approximate surface area is 98.1 Å². The molecule has 0 aliphatic carbocycles. The van der Waals surface area contributed by atoms with Gasteiger partial charge in [0.25, 0.3) is 0 Å². The van der Waals surface area contributed by atoms with Crippen molar-refractivity contribution in [2.24, 2.45) is 0 Å². The molecule has 5 heteroatoms.